The van der Waals surface area contributed by atoms with Crippen LogP contribution in [0, 0.1) is 6.92 Å². The van der Waals surface area contributed by atoms with E-state index in [9.17, 15) is 4.79 Å². The first-order valence-electron chi connectivity index (χ1n) is 4.22. The van der Waals surface area contributed by atoms with Crippen LogP contribution in [0.15, 0.2) is 24.3 Å². The van der Waals surface area contributed by atoms with E-state index >= 15 is 0 Å². The number of carbonyl (C=O) groups is 1. The Kier molecular flexibility index (Phi) is 2.81. The molecule has 0 fully saturated rings. The lowest BCUT2D eigenvalue weighted by Crippen LogP contribution is -2.19. The summed E-state index contributed by atoms with van der Waals surface area (Å²) in [6, 6.07) is 6.50. The van der Waals surface area contributed by atoms with Crippen molar-refractivity contribution in [3.63, 3.8) is 0 Å². The SMILES string of the molecule is [CH2+]C(C)(OC)c1ccc(C(=O)O)cc1. The van der Waals surface area contributed by atoms with Gasteiger partial charge in [0.25, 0.3) is 0 Å². The number of carboxylic acid groups (broad SMARTS) is 1. The maximum atomic E-state index is 10.6. The molecule has 0 aliphatic rings. The number of methoxy groups -OCH3 is 1. The molecular formula is C11H13O3+. The summed E-state index contributed by atoms with van der Waals surface area (Å²) in [6.45, 7) is 5.69. The second-order valence-electron chi connectivity index (χ2n) is 3.32. The fourth-order valence-electron chi connectivity index (χ4n) is 1.08. The van der Waals surface area contributed by atoms with Gasteiger partial charge in [0.15, 0.2) is 0 Å². The van der Waals surface area contributed by atoms with E-state index in [0.29, 0.717) is 0 Å². The minimum absolute atomic E-state index is 0.264. The Balaban J connectivity index is 2.99. The van der Waals surface area contributed by atoms with Crippen molar-refractivity contribution in [1.29, 1.82) is 0 Å². The van der Waals surface area contributed by atoms with E-state index in [1.54, 1.807) is 31.4 Å². The van der Waals surface area contributed by atoms with Crippen molar-refractivity contribution in [1.82, 2.24) is 0 Å². The first-order chi connectivity index (χ1) is 6.47. The Morgan fingerprint density at radius 1 is 1.43 bits per heavy atom. The average molecular weight is 193 g/mol. The molecule has 1 aromatic carbocycles. The fourth-order valence-corrected chi connectivity index (χ4v) is 1.08. The van der Waals surface area contributed by atoms with Gasteiger partial charge in [-0.05, 0) is 12.1 Å². The van der Waals surface area contributed by atoms with Gasteiger partial charge >= 0.3 is 5.97 Å². The van der Waals surface area contributed by atoms with Crippen molar-refractivity contribution >= 4 is 5.97 Å². The Hall–Kier alpha value is -1.48. The molecule has 74 valence electrons. The highest BCUT2D eigenvalue weighted by Crippen LogP contribution is 2.23. The first-order valence-corrected chi connectivity index (χ1v) is 4.22. The molecule has 0 spiro atoms. The predicted octanol–water partition coefficient (Wildman–Crippen LogP) is 2.08. The molecule has 0 aliphatic carbocycles. The minimum Gasteiger partial charge on any atom is -0.478 e. The van der Waals surface area contributed by atoms with Crippen molar-refractivity contribution in [3.8, 4) is 0 Å². The Bertz CT molecular complexity index is 325. The summed E-state index contributed by atoms with van der Waals surface area (Å²) in [7, 11) is 1.57. The average Bonchev–Trinajstić information content (AvgIpc) is 2.18. The highest BCUT2D eigenvalue weighted by atomic mass is 16.5. The second kappa shape index (κ2) is 3.72. The molecular weight excluding hydrogens is 180 g/mol. The smallest absolute Gasteiger partial charge is 0.335 e. The van der Waals surface area contributed by atoms with E-state index in [2.05, 4.69) is 6.92 Å². The molecule has 1 atom stereocenters. The van der Waals surface area contributed by atoms with E-state index in [1.165, 1.54) is 0 Å². The van der Waals surface area contributed by atoms with Gasteiger partial charge in [-0.2, -0.15) is 0 Å². The van der Waals surface area contributed by atoms with Crippen LogP contribution in [0.5, 0.6) is 0 Å². The zero-order valence-electron chi connectivity index (χ0n) is 8.28. The molecule has 3 heteroatoms. The number of ether oxygens (including phenoxy) is 1. The van der Waals surface area contributed by atoms with Crippen molar-refractivity contribution in [2.45, 2.75) is 12.5 Å². The molecule has 14 heavy (non-hydrogen) atoms. The molecule has 0 saturated carbocycles. The normalized spacial score (nSPS) is 14.7. The summed E-state index contributed by atoms with van der Waals surface area (Å²) in [5.74, 6) is -0.931. The zero-order valence-corrected chi connectivity index (χ0v) is 8.28. The lowest BCUT2D eigenvalue weighted by atomic mass is 9.97. The van der Waals surface area contributed by atoms with E-state index < -0.39 is 11.6 Å². The lowest BCUT2D eigenvalue weighted by Gasteiger charge is -2.15. The summed E-state index contributed by atoms with van der Waals surface area (Å²) >= 11 is 0. The molecule has 1 rings (SSSR count). The van der Waals surface area contributed by atoms with Crippen LogP contribution in [0.4, 0.5) is 0 Å². The summed E-state index contributed by atoms with van der Waals surface area (Å²) in [5.41, 5.74) is 0.488. The lowest BCUT2D eigenvalue weighted by molar-refractivity contribution is 0.0434. The largest absolute Gasteiger partial charge is 0.478 e. The van der Waals surface area contributed by atoms with E-state index in [4.69, 9.17) is 9.84 Å². The molecule has 1 aromatic rings. The third kappa shape index (κ3) is 2.06. The molecule has 3 nitrogen and oxygen atoms in total. The highest BCUT2D eigenvalue weighted by molar-refractivity contribution is 5.87. The van der Waals surface area contributed by atoms with Gasteiger partial charge in [0, 0.05) is 19.6 Å². The van der Waals surface area contributed by atoms with Gasteiger partial charge in [-0.1, -0.05) is 12.1 Å². The summed E-state index contributed by atoms with van der Waals surface area (Å²) < 4.78 is 5.17. The third-order valence-electron chi connectivity index (χ3n) is 2.19. The van der Waals surface area contributed by atoms with Crippen LogP contribution in [0.3, 0.4) is 0 Å². The van der Waals surface area contributed by atoms with Crippen LogP contribution in [-0.2, 0) is 10.3 Å². The standard InChI is InChI=1S/C11H12O3/c1-11(2,14-3)9-6-4-8(5-7-9)10(12)13/h4-7H,1H2,2-3H3/p+1. The van der Waals surface area contributed by atoms with Crippen LogP contribution in [0.25, 0.3) is 0 Å². The number of aromatic carboxylic acids is 1. The maximum Gasteiger partial charge on any atom is 0.335 e. The van der Waals surface area contributed by atoms with Crippen molar-refractivity contribution < 1.29 is 14.6 Å². The van der Waals surface area contributed by atoms with Gasteiger partial charge < -0.3 is 9.84 Å². The van der Waals surface area contributed by atoms with Gasteiger partial charge in [-0.15, -0.1) is 0 Å². The zero-order chi connectivity index (χ0) is 10.8. The van der Waals surface area contributed by atoms with Crippen LogP contribution in [0.1, 0.15) is 22.8 Å². The minimum atomic E-state index is -0.931. The number of rotatable bonds is 3. The van der Waals surface area contributed by atoms with Crippen molar-refractivity contribution in [2.24, 2.45) is 0 Å². The predicted molar refractivity (Wildman–Crippen MR) is 53.1 cm³/mol. The Labute approximate surface area is 83.3 Å². The van der Waals surface area contributed by atoms with Gasteiger partial charge in [0.05, 0.1) is 12.5 Å². The molecule has 0 amide bonds. The maximum absolute atomic E-state index is 10.6. The van der Waals surface area contributed by atoms with E-state index in [-0.39, 0.29) is 5.56 Å². The molecule has 0 saturated heterocycles. The van der Waals surface area contributed by atoms with Crippen LogP contribution in [-0.4, -0.2) is 18.2 Å². The monoisotopic (exact) mass is 193 g/mol. The molecule has 0 bridgehead atoms. The summed E-state index contributed by atoms with van der Waals surface area (Å²) in [5, 5.41) is 8.69. The molecule has 0 heterocycles. The molecule has 0 aliphatic heterocycles. The Morgan fingerprint density at radius 3 is 2.29 bits per heavy atom. The van der Waals surface area contributed by atoms with Crippen molar-refractivity contribution in [2.75, 3.05) is 7.11 Å². The van der Waals surface area contributed by atoms with Gasteiger partial charge in [-0.3, -0.25) is 0 Å². The number of hydrogen-bond acceptors (Lipinski definition) is 2. The van der Waals surface area contributed by atoms with Crippen LogP contribution >= 0.6 is 0 Å². The molecule has 1 unspecified atom stereocenters. The third-order valence-corrected chi connectivity index (χ3v) is 2.19. The summed E-state index contributed by atoms with van der Waals surface area (Å²) in [4.78, 5) is 10.6. The van der Waals surface area contributed by atoms with E-state index in [1.807, 2.05) is 6.92 Å². The van der Waals surface area contributed by atoms with E-state index in [0.717, 1.165) is 5.56 Å². The van der Waals surface area contributed by atoms with Crippen molar-refractivity contribution in [3.05, 3.63) is 42.3 Å². The molecule has 1 N–H and O–H groups in total. The second-order valence-corrected chi connectivity index (χ2v) is 3.32. The molecule has 0 aromatic heterocycles. The van der Waals surface area contributed by atoms with Crippen LogP contribution < -0.4 is 0 Å². The Morgan fingerprint density at radius 2 is 1.93 bits per heavy atom. The summed E-state index contributed by atoms with van der Waals surface area (Å²) in [6.07, 6.45) is 0. The number of benzene rings is 1. The topological polar surface area (TPSA) is 46.5 Å². The quantitative estimate of drug-likeness (QED) is 0.747. The first kappa shape index (κ1) is 10.6. The van der Waals surface area contributed by atoms with Gasteiger partial charge in [-0.25, -0.2) is 4.79 Å². The highest BCUT2D eigenvalue weighted by Gasteiger charge is 2.27. The van der Waals surface area contributed by atoms with Gasteiger partial charge in [0.2, 0.25) is 5.60 Å². The number of carboxylic acids is 1. The van der Waals surface area contributed by atoms with Crippen LogP contribution in [0.2, 0.25) is 0 Å². The molecule has 0 radical (unpaired) electrons. The fraction of sp³-hybridized carbons (Fsp3) is 0.273. The number of hydrogen-bond donors (Lipinski definition) is 1. The van der Waals surface area contributed by atoms with Gasteiger partial charge in [0.1, 0.15) is 0 Å².